The summed E-state index contributed by atoms with van der Waals surface area (Å²) in [6, 6.07) is 8.89. The predicted octanol–water partition coefficient (Wildman–Crippen LogP) is 3.18. The van der Waals surface area contributed by atoms with Crippen molar-refractivity contribution < 1.29 is 9.90 Å². The number of carbonyl (C=O) groups is 1. The molecule has 0 aliphatic carbocycles. The number of hydrogen-bond acceptors (Lipinski definition) is 2. The maximum absolute atomic E-state index is 10.9. The monoisotopic (exact) mass is 325 g/mol. The second-order valence-electron chi connectivity index (χ2n) is 5.33. The Hall–Kier alpha value is -0.870. The second kappa shape index (κ2) is 6.53. The Kier molecular flexibility index (Phi) is 4.99. The van der Waals surface area contributed by atoms with Crippen molar-refractivity contribution in [3.8, 4) is 0 Å². The number of halogens is 1. The zero-order chi connectivity index (χ0) is 13.8. The molecule has 1 aromatic carbocycles. The molecule has 0 spiro atoms. The topological polar surface area (TPSA) is 40.5 Å². The van der Waals surface area contributed by atoms with Crippen molar-refractivity contribution in [2.24, 2.45) is 5.92 Å². The SMILES string of the molecule is CC(Cc1ccc(Br)cc1)N1CCC(C(=O)O)CC1. The van der Waals surface area contributed by atoms with E-state index in [2.05, 4.69) is 52.0 Å². The summed E-state index contributed by atoms with van der Waals surface area (Å²) in [5.41, 5.74) is 1.33. The number of hydrogen-bond donors (Lipinski definition) is 1. The number of aliphatic carboxylic acids is 1. The molecular formula is C15H20BrNO2. The minimum absolute atomic E-state index is 0.142. The Balaban J connectivity index is 1.86. The van der Waals surface area contributed by atoms with E-state index in [-0.39, 0.29) is 5.92 Å². The third-order valence-corrected chi connectivity index (χ3v) is 4.48. The van der Waals surface area contributed by atoms with Gasteiger partial charge in [-0.05, 0) is 57.0 Å². The molecule has 1 aliphatic rings. The van der Waals surface area contributed by atoms with Crippen molar-refractivity contribution >= 4 is 21.9 Å². The molecule has 2 rings (SSSR count). The maximum atomic E-state index is 10.9. The molecule has 4 heteroatoms. The van der Waals surface area contributed by atoms with Crippen molar-refractivity contribution in [3.63, 3.8) is 0 Å². The van der Waals surface area contributed by atoms with E-state index >= 15 is 0 Å². The van der Waals surface area contributed by atoms with Gasteiger partial charge in [0.1, 0.15) is 0 Å². The summed E-state index contributed by atoms with van der Waals surface area (Å²) in [7, 11) is 0. The minimum Gasteiger partial charge on any atom is -0.481 e. The van der Waals surface area contributed by atoms with E-state index in [1.807, 2.05) is 0 Å². The van der Waals surface area contributed by atoms with Crippen LogP contribution in [0, 0.1) is 5.92 Å². The van der Waals surface area contributed by atoms with Gasteiger partial charge < -0.3 is 10.0 Å². The largest absolute Gasteiger partial charge is 0.481 e. The summed E-state index contributed by atoms with van der Waals surface area (Å²) in [5, 5.41) is 9.00. The molecule has 0 aromatic heterocycles. The molecule has 0 saturated carbocycles. The van der Waals surface area contributed by atoms with Gasteiger partial charge in [0.2, 0.25) is 0 Å². The highest BCUT2D eigenvalue weighted by Gasteiger charge is 2.26. The molecule has 0 amide bonds. The third-order valence-electron chi connectivity index (χ3n) is 3.95. The number of carboxylic acids is 1. The van der Waals surface area contributed by atoms with Gasteiger partial charge in [0.05, 0.1) is 5.92 Å². The normalized spacial score (nSPS) is 19.3. The van der Waals surface area contributed by atoms with Crippen LogP contribution in [0.1, 0.15) is 25.3 Å². The Morgan fingerprint density at radius 3 is 2.47 bits per heavy atom. The van der Waals surface area contributed by atoms with Gasteiger partial charge in [-0.25, -0.2) is 0 Å². The summed E-state index contributed by atoms with van der Waals surface area (Å²) in [5.74, 6) is -0.781. The van der Waals surface area contributed by atoms with Crippen molar-refractivity contribution in [1.82, 2.24) is 4.90 Å². The Morgan fingerprint density at radius 1 is 1.37 bits per heavy atom. The predicted molar refractivity (Wildman–Crippen MR) is 79.2 cm³/mol. The second-order valence-corrected chi connectivity index (χ2v) is 6.24. The molecule has 1 saturated heterocycles. The first kappa shape index (κ1) is 14.5. The quantitative estimate of drug-likeness (QED) is 0.924. The van der Waals surface area contributed by atoms with Crippen LogP contribution in [0.3, 0.4) is 0 Å². The molecule has 1 atom stereocenters. The highest BCUT2D eigenvalue weighted by molar-refractivity contribution is 9.10. The molecule has 1 fully saturated rings. The smallest absolute Gasteiger partial charge is 0.306 e. The van der Waals surface area contributed by atoms with E-state index in [9.17, 15) is 4.79 Å². The van der Waals surface area contributed by atoms with E-state index in [1.165, 1.54) is 5.56 Å². The van der Waals surface area contributed by atoms with Gasteiger partial charge in [0, 0.05) is 10.5 Å². The van der Waals surface area contributed by atoms with Crippen molar-refractivity contribution in [3.05, 3.63) is 34.3 Å². The summed E-state index contributed by atoms with van der Waals surface area (Å²) < 4.78 is 1.10. The molecule has 104 valence electrons. The van der Waals surface area contributed by atoms with Crippen molar-refractivity contribution in [2.45, 2.75) is 32.2 Å². The lowest BCUT2D eigenvalue weighted by atomic mass is 9.95. The highest BCUT2D eigenvalue weighted by Crippen LogP contribution is 2.21. The van der Waals surface area contributed by atoms with Crippen LogP contribution in [0.4, 0.5) is 0 Å². The first-order valence-electron chi connectivity index (χ1n) is 6.77. The third kappa shape index (κ3) is 4.05. The number of piperidine rings is 1. The average molecular weight is 326 g/mol. The lowest BCUT2D eigenvalue weighted by molar-refractivity contribution is -0.143. The van der Waals surface area contributed by atoms with Gasteiger partial charge in [-0.15, -0.1) is 0 Å². The van der Waals surface area contributed by atoms with Crippen LogP contribution < -0.4 is 0 Å². The molecule has 19 heavy (non-hydrogen) atoms. The lowest BCUT2D eigenvalue weighted by Crippen LogP contribution is -2.42. The van der Waals surface area contributed by atoms with Crippen LogP contribution in [0.25, 0.3) is 0 Å². The molecular weight excluding hydrogens is 306 g/mol. The number of carboxylic acid groups (broad SMARTS) is 1. The zero-order valence-corrected chi connectivity index (χ0v) is 12.8. The molecule has 3 nitrogen and oxygen atoms in total. The molecule has 1 unspecified atom stereocenters. The Bertz CT molecular complexity index is 424. The summed E-state index contributed by atoms with van der Waals surface area (Å²) >= 11 is 3.44. The minimum atomic E-state index is -0.639. The van der Waals surface area contributed by atoms with E-state index < -0.39 is 5.97 Å². The number of rotatable bonds is 4. The summed E-state index contributed by atoms with van der Waals surface area (Å²) in [6.45, 7) is 4.02. The number of likely N-dealkylation sites (tertiary alicyclic amines) is 1. The Labute approximate surface area is 122 Å². The molecule has 1 aromatic rings. The molecule has 0 bridgehead atoms. The van der Waals surface area contributed by atoms with Crippen LogP contribution >= 0.6 is 15.9 Å². The van der Waals surface area contributed by atoms with E-state index in [4.69, 9.17) is 5.11 Å². The fourth-order valence-electron chi connectivity index (χ4n) is 2.68. The van der Waals surface area contributed by atoms with Gasteiger partial charge in [-0.2, -0.15) is 0 Å². The van der Waals surface area contributed by atoms with Gasteiger partial charge in [-0.1, -0.05) is 28.1 Å². The molecule has 1 N–H and O–H groups in total. The van der Waals surface area contributed by atoms with Crippen LogP contribution in [-0.2, 0) is 11.2 Å². The van der Waals surface area contributed by atoms with Gasteiger partial charge in [0.25, 0.3) is 0 Å². The van der Waals surface area contributed by atoms with E-state index in [0.29, 0.717) is 6.04 Å². The lowest BCUT2D eigenvalue weighted by Gasteiger charge is -2.34. The molecule has 1 heterocycles. The van der Waals surface area contributed by atoms with Crippen LogP contribution in [0.5, 0.6) is 0 Å². The van der Waals surface area contributed by atoms with Crippen LogP contribution in [0.15, 0.2) is 28.7 Å². The highest BCUT2D eigenvalue weighted by atomic mass is 79.9. The van der Waals surface area contributed by atoms with Gasteiger partial charge >= 0.3 is 5.97 Å². The van der Waals surface area contributed by atoms with Gasteiger partial charge in [-0.3, -0.25) is 4.79 Å². The van der Waals surface area contributed by atoms with Crippen molar-refractivity contribution in [2.75, 3.05) is 13.1 Å². The first-order chi connectivity index (χ1) is 9.06. The summed E-state index contributed by atoms with van der Waals surface area (Å²) in [6.07, 6.45) is 2.57. The molecule has 1 aliphatic heterocycles. The molecule has 0 radical (unpaired) electrons. The fraction of sp³-hybridized carbons (Fsp3) is 0.533. The van der Waals surface area contributed by atoms with Gasteiger partial charge in [0.15, 0.2) is 0 Å². The van der Waals surface area contributed by atoms with Crippen LogP contribution in [-0.4, -0.2) is 35.1 Å². The average Bonchev–Trinajstić information content (AvgIpc) is 2.41. The first-order valence-corrected chi connectivity index (χ1v) is 7.57. The summed E-state index contributed by atoms with van der Waals surface area (Å²) in [4.78, 5) is 13.3. The fourth-order valence-corrected chi connectivity index (χ4v) is 2.94. The van der Waals surface area contributed by atoms with Crippen molar-refractivity contribution in [1.29, 1.82) is 0 Å². The number of nitrogens with zero attached hydrogens (tertiary/aromatic N) is 1. The number of benzene rings is 1. The Morgan fingerprint density at radius 2 is 1.95 bits per heavy atom. The maximum Gasteiger partial charge on any atom is 0.306 e. The van der Waals surface area contributed by atoms with E-state index in [1.54, 1.807) is 0 Å². The standard InChI is InChI=1S/C15H20BrNO2/c1-11(10-12-2-4-14(16)5-3-12)17-8-6-13(7-9-17)15(18)19/h2-5,11,13H,6-10H2,1H3,(H,18,19). The van der Waals surface area contributed by atoms with Crippen LogP contribution in [0.2, 0.25) is 0 Å². The van der Waals surface area contributed by atoms with E-state index in [0.717, 1.165) is 36.8 Å². The zero-order valence-electron chi connectivity index (χ0n) is 11.2.